The Morgan fingerprint density at radius 2 is 1.83 bits per heavy atom. The highest BCUT2D eigenvalue weighted by molar-refractivity contribution is 7.09. The van der Waals surface area contributed by atoms with Crippen LogP contribution in [0, 0.1) is 6.92 Å². The van der Waals surface area contributed by atoms with Crippen molar-refractivity contribution >= 4 is 28.8 Å². The van der Waals surface area contributed by atoms with Crippen molar-refractivity contribution in [2.45, 2.75) is 13.3 Å². The number of carbonyl (C=O) groups excluding carboxylic acids is 1. The first-order valence-corrected chi connectivity index (χ1v) is 8.93. The molecule has 1 amide bonds. The molecule has 0 spiro atoms. The van der Waals surface area contributed by atoms with Crippen LogP contribution < -0.4 is 5.32 Å². The molecule has 0 atom stereocenters. The van der Waals surface area contributed by atoms with Crippen molar-refractivity contribution in [2.24, 2.45) is 0 Å². The Morgan fingerprint density at radius 1 is 1.12 bits per heavy atom. The summed E-state index contributed by atoms with van der Waals surface area (Å²) in [6, 6.07) is 15.2. The molecule has 122 valence electrons. The van der Waals surface area contributed by atoms with Crippen molar-refractivity contribution in [3.63, 3.8) is 0 Å². The van der Waals surface area contributed by atoms with Crippen molar-refractivity contribution in [3.8, 4) is 11.3 Å². The molecule has 3 rings (SSSR count). The molecule has 24 heavy (non-hydrogen) atoms. The van der Waals surface area contributed by atoms with Gasteiger partial charge in [-0.3, -0.25) is 4.79 Å². The Kier molecular flexibility index (Phi) is 5.28. The summed E-state index contributed by atoms with van der Waals surface area (Å²) in [5.41, 5.74) is 3.78. The summed E-state index contributed by atoms with van der Waals surface area (Å²) in [7, 11) is 0. The number of benzene rings is 2. The van der Waals surface area contributed by atoms with Crippen LogP contribution in [0.1, 0.15) is 20.9 Å². The zero-order valence-corrected chi connectivity index (χ0v) is 14.8. The van der Waals surface area contributed by atoms with Crippen LogP contribution in [0.3, 0.4) is 0 Å². The maximum Gasteiger partial charge on any atom is 0.251 e. The fourth-order valence-electron chi connectivity index (χ4n) is 2.36. The molecule has 0 bridgehead atoms. The number of thiazole rings is 1. The van der Waals surface area contributed by atoms with Crippen molar-refractivity contribution in [1.82, 2.24) is 10.3 Å². The molecule has 0 aliphatic heterocycles. The van der Waals surface area contributed by atoms with Crippen LogP contribution >= 0.6 is 22.9 Å². The van der Waals surface area contributed by atoms with Crippen molar-refractivity contribution < 1.29 is 4.79 Å². The summed E-state index contributed by atoms with van der Waals surface area (Å²) < 4.78 is 0. The maximum atomic E-state index is 12.2. The number of nitrogens with one attached hydrogen (secondary N) is 1. The van der Waals surface area contributed by atoms with E-state index in [9.17, 15) is 4.79 Å². The Hall–Kier alpha value is -2.17. The molecule has 5 heteroatoms. The topological polar surface area (TPSA) is 42.0 Å². The van der Waals surface area contributed by atoms with E-state index < -0.39 is 0 Å². The van der Waals surface area contributed by atoms with Crippen LogP contribution in [-0.4, -0.2) is 17.4 Å². The van der Waals surface area contributed by atoms with Gasteiger partial charge in [0.25, 0.3) is 5.91 Å². The van der Waals surface area contributed by atoms with Crippen LogP contribution in [0.4, 0.5) is 0 Å². The van der Waals surface area contributed by atoms with E-state index in [1.807, 2.05) is 60.8 Å². The van der Waals surface area contributed by atoms with Crippen molar-refractivity contribution in [2.75, 3.05) is 6.54 Å². The molecule has 1 heterocycles. The molecule has 0 aliphatic rings. The molecule has 1 aromatic heterocycles. The lowest BCUT2D eigenvalue weighted by Gasteiger charge is -2.06. The Labute approximate surface area is 150 Å². The van der Waals surface area contributed by atoms with Gasteiger partial charge in [0.05, 0.1) is 10.7 Å². The van der Waals surface area contributed by atoms with Gasteiger partial charge in [-0.15, -0.1) is 11.3 Å². The Balaban J connectivity index is 1.56. The smallest absolute Gasteiger partial charge is 0.251 e. The second-order valence-corrected chi connectivity index (χ2v) is 6.96. The average Bonchev–Trinajstić information content (AvgIpc) is 3.03. The molecule has 0 fully saturated rings. The monoisotopic (exact) mass is 356 g/mol. The predicted octanol–water partition coefficient (Wildman–Crippen LogP) is 4.74. The van der Waals surface area contributed by atoms with Crippen LogP contribution in [0.15, 0.2) is 53.9 Å². The van der Waals surface area contributed by atoms with E-state index >= 15 is 0 Å². The minimum absolute atomic E-state index is 0.0648. The summed E-state index contributed by atoms with van der Waals surface area (Å²) in [6.07, 6.45) is 0.777. The first kappa shape index (κ1) is 16.7. The Morgan fingerprint density at radius 3 is 2.46 bits per heavy atom. The van der Waals surface area contributed by atoms with Crippen LogP contribution in [0.25, 0.3) is 11.3 Å². The van der Waals surface area contributed by atoms with E-state index in [-0.39, 0.29) is 5.91 Å². The molecule has 0 saturated carbocycles. The molecular weight excluding hydrogens is 340 g/mol. The van der Waals surface area contributed by atoms with Gasteiger partial charge in [0.1, 0.15) is 0 Å². The van der Waals surface area contributed by atoms with Crippen LogP contribution in [-0.2, 0) is 6.42 Å². The largest absolute Gasteiger partial charge is 0.352 e. The second kappa shape index (κ2) is 7.60. The van der Waals surface area contributed by atoms with Gasteiger partial charge in [-0.1, -0.05) is 35.9 Å². The fraction of sp³-hybridized carbons (Fsp3) is 0.158. The third kappa shape index (κ3) is 4.22. The van der Waals surface area contributed by atoms with Gasteiger partial charge >= 0.3 is 0 Å². The third-order valence-electron chi connectivity index (χ3n) is 3.67. The zero-order chi connectivity index (χ0) is 16.9. The molecule has 2 aromatic carbocycles. The summed E-state index contributed by atoms with van der Waals surface area (Å²) >= 11 is 7.48. The normalized spacial score (nSPS) is 10.6. The van der Waals surface area contributed by atoms with E-state index in [0.717, 1.165) is 33.3 Å². The van der Waals surface area contributed by atoms with Gasteiger partial charge in [0.15, 0.2) is 0 Å². The lowest BCUT2D eigenvalue weighted by atomic mass is 10.1. The summed E-state index contributed by atoms with van der Waals surface area (Å²) in [5.74, 6) is -0.0648. The van der Waals surface area contributed by atoms with Gasteiger partial charge in [-0.2, -0.15) is 0 Å². The minimum Gasteiger partial charge on any atom is -0.352 e. The van der Waals surface area contributed by atoms with Crippen LogP contribution in [0.5, 0.6) is 0 Å². The number of aryl methyl sites for hydroxylation is 1. The zero-order valence-electron chi connectivity index (χ0n) is 13.3. The summed E-state index contributed by atoms with van der Waals surface area (Å²) in [4.78, 5) is 16.6. The molecule has 3 nitrogen and oxygen atoms in total. The standard InChI is InChI=1S/C19H17ClN2OS/c1-13-22-18(12-24-13)15-4-6-16(7-5-15)19(23)21-11-10-14-2-8-17(20)9-3-14/h2-9,12H,10-11H2,1H3,(H,21,23). The highest BCUT2D eigenvalue weighted by Crippen LogP contribution is 2.21. The number of hydrogen-bond acceptors (Lipinski definition) is 3. The Bertz CT molecular complexity index is 825. The lowest BCUT2D eigenvalue weighted by Crippen LogP contribution is -2.25. The van der Waals surface area contributed by atoms with Crippen molar-refractivity contribution in [3.05, 3.63) is 75.1 Å². The van der Waals surface area contributed by atoms with E-state index in [0.29, 0.717) is 12.1 Å². The van der Waals surface area contributed by atoms with Gasteiger partial charge in [-0.05, 0) is 43.2 Å². The molecule has 1 N–H and O–H groups in total. The molecule has 3 aromatic rings. The van der Waals surface area contributed by atoms with E-state index in [4.69, 9.17) is 11.6 Å². The molecule has 0 unspecified atom stereocenters. The van der Waals surface area contributed by atoms with Gasteiger partial charge in [0, 0.05) is 28.1 Å². The number of rotatable bonds is 5. The third-order valence-corrected chi connectivity index (χ3v) is 4.70. The second-order valence-electron chi connectivity index (χ2n) is 5.46. The predicted molar refractivity (Wildman–Crippen MR) is 99.8 cm³/mol. The average molecular weight is 357 g/mol. The number of amides is 1. The minimum atomic E-state index is -0.0648. The van der Waals surface area contributed by atoms with Crippen LogP contribution in [0.2, 0.25) is 5.02 Å². The highest BCUT2D eigenvalue weighted by atomic mass is 35.5. The van der Waals surface area contributed by atoms with E-state index in [1.165, 1.54) is 0 Å². The van der Waals surface area contributed by atoms with Crippen molar-refractivity contribution in [1.29, 1.82) is 0 Å². The fourth-order valence-corrected chi connectivity index (χ4v) is 3.11. The number of nitrogens with zero attached hydrogens (tertiary/aromatic N) is 1. The molecular formula is C19H17ClN2OS. The first-order chi connectivity index (χ1) is 11.6. The quantitative estimate of drug-likeness (QED) is 0.717. The van der Waals surface area contributed by atoms with Gasteiger partial charge in [0.2, 0.25) is 0 Å². The first-order valence-electron chi connectivity index (χ1n) is 7.67. The molecule has 0 aliphatic carbocycles. The number of aromatic nitrogens is 1. The molecule has 0 radical (unpaired) electrons. The van der Waals surface area contributed by atoms with E-state index in [1.54, 1.807) is 11.3 Å². The molecule has 0 saturated heterocycles. The number of halogens is 1. The van der Waals surface area contributed by atoms with Gasteiger partial charge < -0.3 is 5.32 Å². The number of carbonyl (C=O) groups is 1. The summed E-state index contributed by atoms with van der Waals surface area (Å²) in [5, 5.41) is 6.72. The highest BCUT2D eigenvalue weighted by Gasteiger charge is 2.07. The SMILES string of the molecule is Cc1nc(-c2ccc(C(=O)NCCc3ccc(Cl)cc3)cc2)cs1. The van der Waals surface area contributed by atoms with Gasteiger partial charge in [-0.25, -0.2) is 4.98 Å². The maximum absolute atomic E-state index is 12.2. The van der Waals surface area contributed by atoms with E-state index in [2.05, 4.69) is 10.3 Å². The number of hydrogen-bond donors (Lipinski definition) is 1. The lowest BCUT2D eigenvalue weighted by molar-refractivity contribution is 0.0954. The summed E-state index contributed by atoms with van der Waals surface area (Å²) in [6.45, 7) is 2.57.